The molecular formula is C14H20BrNO2. The Hall–Kier alpha value is -1.03. The highest BCUT2D eigenvalue weighted by Crippen LogP contribution is 2.20. The normalized spacial score (nSPS) is 11.2. The lowest BCUT2D eigenvalue weighted by atomic mass is 10.0. The summed E-state index contributed by atoms with van der Waals surface area (Å²) >= 11 is 3.45. The Morgan fingerprint density at radius 2 is 1.78 bits per heavy atom. The second-order valence-corrected chi connectivity index (χ2v) is 6.29. The molecule has 3 nitrogen and oxygen atoms in total. The molecule has 1 rings (SSSR count). The number of carbonyl (C=O) groups is 1. The van der Waals surface area contributed by atoms with Crippen LogP contribution >= 0.6 is 15.9 Å². The Balaban J connectivity index is 2.67. The SMILES string of the molecule is Cc1cc(Br)cc(C)c1CNC(=O)OC(C)(C)C. The zero-order valence-electron chi connectivity index (χ0n) is 11.6. The summed E-state index contributed by atoms with van der Waals surface area (Å²) < 4.78 is 6.26. The van der Waals surface area contributed by atoms with Crippen molar-refractivity contribution in [1.29, 1.82) is 0 Å². The number of alkyl carbamates (subject to hydrolysis) is 1. The molecule has 1 aromatic carbocycles. The highest BCUT2D eigenvalue weighted by molar-refractivity contribution is 9.10. The number of nitrogens with one attached hydrogen (secondary N) is 1. The molecule has 0 unspecified atom stereocenters. The number of hydrogen-bond acceptors (Lipinski definition) is 2. The molecule has 100 valence electrons. The monoisotopic (exact) mass is 313 g/mol. The maximum absolute atomic E-state index is 11.6. The van der Waals surface area contributed by atoms with Crippen molar-refractivity contribution in [2.45, 2.75) is 46.8 Å². The molecule has 0 saturated carbocycles. The first kappa shape index (κ1) is 15.0. The summed E-state index contributed by atoms with van der Waals surface area (Å²) in [5, 5.41) is 2.78. The second kappa shape index (κ2) is 5.74. The highest BCUT2D eigenvalue weighted by Gasteiger charge is 2.16. The van der Waals surface area contributed by atoms with Crippen LogP contribution in [0.4, 0.5) is 4.79 Å². The van der Waals surface area contributed by atoms with Crippen molar-refractivity contribution in [2.75, 3.05) is 0 Å². The van der Waals surface area contributed by atoms with Gasteiger partial charge in [0.15, 0.2) is 0 Å². The van der Waals surface area contributed by atoms with Gasteiger partial charge < -0.3 is 10.1 Å². The van der Waals surface area contributed by atoms with Crippen molar-refractivity contribution in [3.8, 4) is 0 Å². The quantitative estimate of drug-likeness (QED) is 0.893. The van der Waals surface area contributed by atoms with Gasteiger partial charge in [-0.2, -0.15) is 0 Å². The van der Waals surface area contributed by atoms with Crippen LogP contribution in [0, 0.1) is 13.8 Å². The van der Waals surface area contributed by atoms with Gasteiger partial charge in [-0.15, -0.1) is 0 Å². The van der Waals surface area contributed by atoms with Gasteiger partial charge in [-0.25, -0.2) is 4.79 Å². The Bertz CT molecular complexity index is 427. The van der Waals surface area contributed by atoms with Gasteiger partial charge in [-0.1, -0.05) is 15.9 Å². The van der Waals surface area contributed by atoms with E-state index in [1.807, 2.05) is 46.8 Å². The van der Waals surface area contributed by atoms with Gasteiger partial charge in [0.05, 0.1) is 0 Å². The fraction of sp³-hybridized carbons (Fsp3) is 0.500. The molecule has 0 saturated heterocycles. The summed E-state index contributed by atoms with van der Waals surface area (Å²) in [6, 6.07) is 4.08. The molecule has 0 aliphatic heterocycles. The Morgan fingerprint density at radius 1 is 1.28 bits per heavy atom. The summed E-state index contributed by atoms with van der Waals surface area (Å²) in [5.74, 6) is 0. The molecule has 4 heteroatoms. The van der Waals surface area contributed by atoms with Gasteiger partial charge in [-0.3, -0.25) is 0 Å². The van der Waals surface area contributed by atoms with E-state index in [1.165, 1.54) is 0 Å². The summed E-state index contributed by atoms with van der Waals surface area (Å²) in [5.41, 5.74) is 2.97. The molecular weight excluding hydrogens is 294 g/mol. The third-order valence-corrected chi connectivity index (χ3v) is 2.93. The molecule has 0 atom stereocenters. The molecule has 1 N–H and O–H groups in total. The Morgan fingerprint density at radius 3 is 2.22 bits per heavy atom. The minimum Gasteiger partial charge on any atom is -0.444 e. The van der Waals surface area contributed by atoms with E-state index in [1.54, 1.807) is 0 Å². The summed E-state index contributed by atoms with van der Waals surface area (Å²) in [4.78, 5) is 11.6. The van der Waals surface area contributed by atoms with E-state index in [-0.39, 0.29) is 6.09 Å². The lowest BCUT2D eigenvalue weighted by Crippen LogP contribution is -2.32. The third kappa shape index (κ3) is 4.69. The lowest BCUT2D eigenvalue weighted by Gasteiger charge is -2.20. The van der Waals surface area contributed by atoms with Crippen molar-refractivity contribution in [3.05, 3.63) is 33.3 Å². The summed E-state index contributed by atoms with van der Waals surface area (Å²) in [6.07, 6.45) is -0.385. The largest absolute Gasteiger partial charge is 0.444 e. The van der Waals surface area contributed by atoms with Crippen LogP contribution in [0.5, 0.6) is 0 Å². The van der Waals surface area contributed by atoms with Crippen LogP contribution in [0.15, 0.2) is 16.6 Å². The van der Waals surface area contributed by atoms with Gasteiger partial charge in [0.2, 0.25) is 0 Å². The molecule has 18 heavy (non-hydrogen) atoms. The van der Waals surface area contributed by atoms with Crippen LogP contribution in [-0.2, 0) is 11.3 Å². The van der Waals surface area contributed by atoms with Gasteiger partial charge in [0, 0.05) is 11.0 Å². The minimum absolute atomic E-state index is 0.385. The van der Waals surface area contributed by atoms with E-state index in [0.29, 0.717) is 6.54 Å². The zero-order chi connectivity index (χ0) is 13.9. The van der Waals surface area contributed by atoms with E-state index in [4.69, 9.17) is 4.74 Å². The number of hydrogen-bond donors (Lipinski definition) is 1. The fourth-order valence-corrected chi connectivity index (χ4v) is 2.38. The first-order valence-electron chi connectivity index (χ1n) is 5.91. The van der Waals surface area contributed by atoms with Gasteiger partial charge in [0.1, 0.15) is 5.60 Å². The highest BCUT2D eigenvalue weighted by atomic mass is 79.9. The second-order valence-electron chi connectivity index (χ2n) is 5.37. The topological polar surface area (TPSA) is 38.3 Å². The molecule has 1 amide bonds. The van der Waals surface area contributed by atoms with E-state index < -0.39 is 5.60 Å². The van der Waals surface area contributed by atoms with Crippen LogP contribution in [0.2, 0.25) is 0 Å². The number of halogens is 1. The molecule has 0 aliphatic carbocycles. The first-order valence-corrected chi connectivity index (χ1v) is 6.71. The average molecular weight is 314 g/mol. The van der Waals surface area contributed by atoms with Crippen molar-refractivity contribution in [2.24, 2.45) is 0 Å². The number of rotatable bonds is 2. The molecule has 0 radical (unpaired) electrons. The number of benzene rings is 1. The zero-order valence-corrected chi connectivity index (χ0v) is 13.1. The molecule has 0 aliphatic rings. The van der Waals surface area contributed by atoms with Gasteiger partial charge in [0.25, 0.3) is 0 Å². The standard InChI is InChI=1S/C14H20BrNO2/c1-9-6-11(15)7-10(2)12(9)8-16-13(17)18-14(3,4)5/h6-7H,8H2,1-5H3,(H,16,17). The lowest BCUT2D eigenvalue weighted by molar-refractivity contribution is 0.0523. The number of aryl methyl sites for hydroxylation is 2. The maximum Gasteiger partial charge on any atom is 0.407 e. The molecule has 0 aromatic heterocycles. The number of amides is 1. The van der Waals surface area contributed by atoms with E-state index >= 15 is 0 Å². The fourth-order valence-electron chi connectivity index (χ4n) is 1.69. The van der Waals surface area contributed by atoms with Crippen LogP contribution in [0.3, 0.4) is 0 Å². The van der Waals surface area contributed by atoms with Crippen molar-refractivity contribution >= 4 is 22.0 Å². The molecule has 0 bridgehead atoms. The molecule has 1 aromatic rings. The predicted octanol–water partition coefficient (Wildman–Crippen LogP) is 4.09. The first-order chi connectivity index (χ1) is 8.19. The average Bonchev–Trinajstić information content (AvgIpc) is 2.12. The van der Waals surface area contributed by atoms with Crippen LogP contribution < -0.4 is 5.32 Å². The van der Waals surface area contributed by atoms with E-state index in [0.717, 1.165) is 21.2 Å². The molecule has 0 fully saturated rings. The Kier molecular flexibility index (Phi) is 4.79. The van der Waals surface area contributed by atoms with Crippen molar-refractivity contribution in [3.63, 3.8) is 0 Å². The van der Waals surface area contributed by atoms with E-state index in [9.17, 15) is 4.79 Å². The number of carbonyl (C=O) groups excluding carboxylic acids is 1. The van der Waals surface area contributed by atoms with Gasteiger partial charge in [-0.05, 0) is 63.4 Å². The smallest absolute Gasteiger partial charge is 0.407 e. The van der Waals surface area contributed by atoms with Crippen molar-refractivity contribution < 1.29 is 9.53 Å². The van der Waals surface area contributed by atoms with Gasteiger partial charge >= 0.3 is 6.09 Å². The van der Waals surface area contributed by atoms with E-state index in [2.05, 4.69) is 21.2 Å². The minimum atomic E-state index is -0.464. The maximum atomic E-state index is 11.6. The molecule has 0 heterocycles. The summed E-state index contributed by atoms with van der Waals surface area (Å²) in [7, 11) is 0. The predicted molar refractivity (Wildman–Crippen MR) is 76.7 cm³/mol. The number of ether oxygens (including phenoxy) is 1. The Labute approximate surface area is 117 Å². The van der Waals surface area contributed by atoms with Crippen LogP contribution in [0.1, 0.15) is 37.5 Å². The van der Waals surface area contributed by atoms with Crippen LogP contribution in [0.25, 0.3) is 0 Å². The van der Waals surface area contributed by atoms with Crippen LogP contribution in [-0.4, -0.2) is 11.7 Å². The third-order valence-electron chi connectivity index (χ3n) is 2.47. The summed E-state index contributed by atoms with van der Waals surface area (Å²) in [6.45, 7) is 10.1. The molecule has 0 spiro atoms. The van der Waals surface area contributed by atoms with Crippen molar-refractivity contribution in [1.82, 2.24) is 5.32 Å².